The summed E-state index contributed by atoms with van der Waals surface area (Å²) in [5.74, 6) is -1.99. The largest absolute Gasteiger partial charge is 0.459 e. The number of carbonyl (C=O) groups excluding carboxylic acids is 1. The molecule has 0 aliphatic carbocycles. The Labute approximate surface area is 135 Å². The minimum atomic E-state index is -0.765. The van der Waals surface area contributed by atoms with Crippen LogP contribution >= 0.6 is 0 Å². The van der Waals surface area contributed by atoms with Crippen LogP contribution in [0.4, 0.5) is 0 Å². The van der Waals surface area contributed by atoms with Gasteiger partial charge in [0.1, 0.15) is 31.0 Å². The van der Waals surface area contributed by atoms with Gasteiger partial charge in [-0.3, -0.25) is 0 Å². The van der Waals surface area contributed by atoms with E-state index < -0.39 is 36.0 Å². The van der Waals surface area contributed by atoms with Crippen molar-refractivity contribution in [2.75, 3.05) is 6.61 Å². The lowest BCUT2D eigenvalue weighted by Crippen LogP contribution is -2.56. The van der Waals surface area contributed by atoms with E-state index in [2.05, 4.69) is 6.58 Å². The van der Waals surface area contributed by atoms with Crippen molar-refractivity contribution in [3.05, 3.63) is 12.2 Å². The Bertz CT molecular complexity index is 513. The van der Waals surface area contributed by atoms with E-state index in [1.807, 2.05) is 27.7 Å². The van der Waals surface area contributed by atoms with E-state index in [9.17, 15) is 4.79 Å². The molecule has 3 fully saturated rings. The molecule has 0 radical (unpaired) electrons. The molecule has 0 saturated carbocycles. The molecule has 7 heteroatoms. The predicted molar refractivity (Wildman–Crippen MR) is 78.3 cm³/mol. The van der Waals surface area contributed by atoms with Gasteiger partial charge in [0.25, 0.3) is 0 Å². The minimum absolute atomic E-state index is 0.0410. The van der Waals surface area contributed by atoms with Gasteiger partial charge >= 0.3 is 5.97 Å². The number of ether oxygens (including phenoxy) is 6. The van der Waals surface area contributed by atoms with Crippen LogP contribution in [-0.2, 0) is 33.2 Å². The first-order valence-corrected chi connectivity index (χ1v) is 7.77. The van der Waals surface area contributed by atoms with Crippen LogP contribution in [0.3, 0.4) is 0 Å². The average Bonchev–Trinajstić information content (AvgIpc) is 2.89. The Kier molecular flexibility index (Phi) is 4.05. The van der Waals surface area contributed by atoms with Gasteiger partial charge in [0, 0.05) is 5.57 Å². The Balaban J connectivity index is 1.76. The Morgan fingerprint density at radius 2 is 1.57 bits per heavy atom. The monoisotopic (exact) mass is 328 g/mol. The molecular weight excluding hydrogens is 304 g/mol. The van der Waals surface area contributed by atoms with Crippen molar-refractivity contribution in [2.45, 2.75) is 76.9 Å². The molecule has 130 valence electrons. The molecule has 3 heterocycles. The number of esters is 1. The van der Waals surface area contributed by atoms with Crippen molar-refractivity contribution in [1.29, 1.82) is 0 Å². The summed E-state index contributed by atoms with van der Waals surface area (Å²) >= 11 is 0. The molecule has 5 atom stereocenters. The highest BCUT2D eigenvalue weighted by Crippen LogP contribution is 2.44. The van der Waals surface area contributed by atoms with Gasteiger partial charge in [-0.05, 0) is 34.6 Å². The fourth-order valence-corrected chi connectivity index (χ4v) is 3.11. The molecule has 0 amide bonds. The third kappa shape index (κ3) is 3.29. The van der Waals surface area contributed by atoms with Crippen LogP contribution in [0.15, 0.2) is 12.2 Å². The number of fused-ring (bicyclic) bond motifs is 3. The molecule has 0 N–H and O–H groups in total. The van der Waals surface area contributed by atoms with Gasteiger partial charge in [-0.1, -0.05) is 6.58 Å². The fourth-order valence-electron chi connectivity index (χ4n) is 3.11. The summed E-state index contributed by atoms with van der Waals surface area (Å²) in [4.78, 5) is 11.6. The summed E-state index contributed by atoms with van der Waals surface area (Å²) < 4.78 is 34.7. The highest BCUT2D eigenvalue weighted by molar-refractivity contribution is 5.86. The van der Waals surface area contributed by atoms with Crippen molar-refractivity contribution in [1.82, 2.24) is 0 Å². The smallest absolute Gasteiger partial charge is 0.333 e. The second kappa shape index (κ2) is 5.53. The quantitative estimate of drug-likeness (QED) is 0.574. The SMILES string of the molecule is C=C(C)C(=O)OC[C@H]1O[C@@H]2OC(C)(C)O[C@@H]2[C@H]2OC(C)(C)O[C@@H]21. The lowest BCUT2D eigenvalue weighted by Gasteiger charge is -2.36. The summed E-state index contributed by atoms with van der Waals surface area (Å²) in [7, 11) is 0. The van der Waals surface area contributed by atoms with Crippen molar-refractivity contribution in [3.63, 3.8) is 0 Å². The van der Waals surface area contributed by atoms with Crippen molar-refractivity contribution < 1.29 is 33.2 Å². The molecule has 0 aromatic carbocycles. The molecule has 3 aliphatic heterocycles. The highest BCUT2D eigenvalue weighted by Gasteiger charge is 2.60. The minimum Gasteiger partial charge on any atom is -0.459 e. The van der Waals surface area contributed by atoms with E-state index in [0.717, 1.165) is 0 Å². The molecule has 0 bridgehead atoms. The third-order valence-electron chi connectivity index (χ3n) is 3.98. The Hall–Kier alpha value is -0.990. The van der Waals surface area contributed by atoms with Crippen LogP contribution in [0.5, 0.6) is 0 Å². The zero-order valence-corrected chi connectivity index (χ0v) is 14.2. The van der Waals surface area contributed by atoms with Gasteiger partial charge in [-0.2, -0.15) is 0 Å². The molecule has 0 aromatic rings. The second-order valence-corrected chi connectivity index (χ2v) is 7.09. The molecule has 0 aromatic heterocycles. The number of carbonyl (C=O) groups is 1. The van der Waals surface area contributed by atoms with Crippen LogP contribution in [0.2, 0.25) is 0 Å². The van der Waals surface area contributed by atoms with E-state index in [1.165, 1.54) is 0 Å². The predicted octanol–water partition coefficient (Wildman–Crippen LogP) is 1.50. The zero-order valence-electron chi connectivity index (χ0n) is 14.2. The van der Waals surface area contributed by atoms with E-state index in [0.29, 0.717) is 5.57 Å². The topological polar surface area (TPSA) is 72.5 Å². The van der Waals surface area contributed by atoms with Crippen LogP contribution in [-0.4, -0.2) is 54.9 Å². The first kappa shape index (κ1) is 16.9. The molecule has 3 rings (SSSR count). The van der Waals surface area contributed by atoms with Crippen molar-refractivity contribution >= 4 is 5.97 Å². The average molecular weight is 328 g/mol. The van der Waals surface area contributed by atoms with Crippen LogP contribution in [0.1, 0.15) is 34.6 Å². The van der Waals surface area contributed by atoms with Gasteiger partial charge < -0.3 is 28.4 Å². The molecule has 7 nitrogen and oxygen atoms in total. The Morgan fingerprint density at radius 3 is 2.22 bits per heavy atom. The first-order chi connectivity index (χ1) is 10.6. The normalized spacial score (nSPS) is 40.3. The van der Waals surface area contributed by atoms with E-state index in [-0.39, 0.29) is 18.8 Å². The maximum Gasteiger partial charge on any atom is 0.333 e. The van der Waals surface area contributed by atoms with Crippen LogP contribution in [0.25, 0.3) is 0 Å². The van der Waals surface area contributed by atoms with Crippen LogP contribution < -0.4 is 0 Å². The molecule has 3 aliphatic rings. The summed E-state index contributed by atoms with van der Waals surface area (Å²) in [5.41, 5.74) is 0.334. The van der Waals surface area contributed by atoms with Gasteiger partial charge in [0.05, 0.1) is 0 Å². The molecule has 0 unspecified atom stereocenters. The zero-order chi connectivity index (χ0) is 17.0. The summed E-state index contributed by atoms with van der Waals surface area (Å²) in [6, 6.07) is 0. The molecule has 3 saturated heterocycles. The number of hydrogen-bond acceptors (Lipinski definition) is 7. The highest BCUT2D eigenvalue weighted by atomic mass is 16.9. The maximum absolute atomic E-state index is 11.6. The Morgan fingerprint density at radius 1 is 1.00 bits per heavy atom. The maximum atomic E-state index is 11.6. The van der Waals surface area contributed by atoms with E-state index >= 15 is 0 Å². The van der Waals surface area contributed by atoms with E-state index in [1.54, 1.807) is 6.92 Å². The lowest BCUT2D eigenvalue weighted by molar-refractivity contribution is -0.242. The second-order valence-electron chi connectivity index (χ2n) is 7.09. The summed E-state index contributed by atoms with van der Waals surface area (Å²) in [6.45, 7) is 12.5. The lowest BCUT2D eigenvalue weighted by atomic mass is 9.99. The standard InChI is InChI=1S/C16H24O7/c1-8(2)13(17)18-7-9-10-11(21-15(3,4)20-10)12-14(19-9)23-16(5,6)22-12/h9-12,14H,1,7H2,2-6H3/t9-,10-,11+,12-,14-/m1/s1. The van der Waals surface area contributed by atoms with E-state index in [4.69, 9.17) is 28.4 Å². The first-order valence-electron chi connectivity index (χ1n) is 7.77. The van der Waals surface area contributed by atoms with Crippen molar-refractivity contribution in [2.24, 2.45) is 0 Å². The number of rotatable bonds is 3. The van der Waals surface area contributed by atoms with Crippen LogP contribution in [0, 0.1) is 0 Å². The summed E-state index contributed by atoms with van der Waals surface area (Å²) in [5, 5.41) is 0. The molecular formula is C16H24O7. The van der Waals surface area contributed by atoms with Gasteiger partial charge in [0.2, 0.25) is 0 Å². The molecule has 23 heavy (non-hydrogen) atoms. The summed E-state index contributed by atoms with van der Waals surface area (Å²) in [6.07, 6.45) is -2.22. The third-order valence-corrected chi connectivity index (χ3v) is 3.98. The van der Waals surface area contributed by atoms with Gasteiger partial charge in [-0.25, -0.2) is 4.79 Å². The van der Waals surface area contributed by atoms with Gasteiger partial charge in [0.15, 0.2) is 17.9 Å². The fraction of sp³-hybridized carbons (Fsp3) is 0.812. The van der Waals surface area contributed by atoms with Crippen molar-refractivity contribution in [3.8, 4) is 0 Å². The number of hydrogen-bond donors (Lipinski definition) is 0. The van der Waals surface area contributed by atoms with Gasteiger partial charge in [-0.15, -0.1) is 0 Å². The molecule has 0 spiro atoms.